The molecule has 0 saturated carbocycles. The van der Waals surface area contributed by atoms with Gasteiger partial charge >= 0.3 is 0 Å². The predicted molar refractivity (Wildman–Crippen MR) is 40.2 cm³/mol. The average Bonchev–Trinajstić information content (AvgIpc) is 2.31. The Kier molecular flexibility index (Phi) is 2.82. The molecule has 1 atom stereocenters. The first-order valence-electron chi connectivity index (χ1n) is 3.33. The van der Waals surface area contributed by atoms with Gasteiger partial charge in [0.25, 0.3) is 21.9 Å². The third kappa shape index (κ3) is 1.88. The number of hydroxylamine groups is 2. The number of rotatable bonds is 3. The number of carbonyl (C=O) groups is 2. The standard InChI is InChI=1S/C4H7N3O6S/c5-6-13-7-3(8)1-2(4(7)9)14(10,11)12/h2,6H,1,5H2,(H,10,11,12). The minimum atomic E-state index is -4.60. The van der Waals surface area contributed by atoms with E-state index in [1.54, 1.807) is 5.59 Å². The van der Waals surface area contributed by atoms with Crippen LogP contribution in [-0.4, -0.2) is 35.1 Å². The number of nitrogens with one attached hydrogen (secondary N) is 1. The Morgan fingerprint density at radius 2 is 2.14 bits per heavy atom. The van der Waals surface area contributed by atoms with Gasteiger partial charge in [0.2, 0.25) is 0 Å². The smallest absolute Gasteiger partial charge is 0.277 e. The molecule has 0 aliphatic carbocycles. The maximum atomic E-state index is 11.1. The Labute approximate surface area is 78.4 Å². The number of hydrogen-bond donors (Lipinski definition) is 3. The zero-order chi connectivity index (χ0) is 10.9. The van der Waals surface area contributed by atoms with Crippen LogP contribution in [0.15, 0.2) is 0 Å². The lowest BCUT2D eigenvalue weighted by atomic mass is 10.4. The summed E-state index contributed by atoms with van der Waals surface area (Å²) >= 11 is 0. The van der Waals surface area contributed by atoms with Gasteiger partial charge in [-0.25, -0.2) is 5.84 Å². The first-order valence-corrected chi connectivity index (χ1v) is 4.84. The molecular formula is C4H7N3O6S. The zero-order valence-electron chi connectivity index (χ0n) is 6.71. The molecule has 2 amide bonds. The summed E-state index contributed by atoms with van der Waals surface area (Å²) in [6.07, 6.45) is -0.667. The highest BCUT2D eigenvalue weighted by atomic mass is 32.2. The summed E-state index contributed by atoms with van der Waals surface area (Å²) in [5.74, 6) is 2.57. The largest absolute Gasteiger partial charge is 0.285 e. The Morgan fingerprint density at radius 3 is 2.50 bits per heavy atom. The fourth-order valence-electron chi connectivity index (χ4n) is 0.964. The molecule has 0 spiro atoms. The van der Waals surface area contributed by atoms with Crippen molar-refractivity contribution < 1.29 is 27.5 Å². The minimum Gasteiger partial charge on any atom is -0.285 e. The summed E-state index contributed by atoms with van der Waals surface area (Å²) < 4.78 is 29.7. The van der Waals surface area contributed by atoms with Crippen LogP contribution in [0.2, 0.25) is 0 Å². The lowest BCUT2D eigenvalue weighted by Gasteiger charge is -2.10. The van der Waals surface area contributed by atoms with Crippen LogP contribution in [0.1, 0.15) is 6.42 Å². The van der Waals surface area contributed by atoms with Gasteiger partial charge < -0.3 is 0 Å². The third-order valence-corrected chi connectivity index (χ3v) is 2.65. The summed E-state index contributed by atoms with van der Waals surface area (Å²) in [5.41, 5.74) is 1.55. The highest BCUT2D eigenvalue weighted by molar-refractivity contribution is 7.87. The number of hydrazine groups is 1. The molecule has 10 heteroatoms. The average molecular weight is 225 g/mol. The van der Waals surface area contributed by atoms with Gasteiger partial charge in [-0.2, -0.15) is 13.4 Å². The van der Waals surface area contributed by atoms with Gasteiger partial charge in [0, 0.05) is 0 Å². The molecule has 0 aromatic rings. The van der Waals surface area contributed by atoms with E-state index >= 15 is 0 Å². The van der Waals surface area contributed by atoms with Crippen molar-refractivity contribution in [2.45, 2.75) is 11.7 Å². The second kappa shape index (κ2) is 3.59. The number of hydrogen-bond acceptors (Lipinski definition) is 7. The highest BCUT2D eigenvalue weighted by Crippen LogP contribution is 2.18. The number of nitrogens with two attached hydrogens (primary N) is 1. The van der Waals surface area contributed by atoms with E-state index in [-0.39, 0.29) is 5.06 Å². The van der Waals surface area contributed by atoms with Gasteiger partial charge in [0.15, 0.2) is 5.25 Å². The maximum Gasteiger partial charge on any atom is 0.277 e. The quantitative estimate of drug-likeness (QED) is 0.204. The monoisotopic (exact) mass is 225 g/mol. The van der Waals surface area contributed by atoms with E-state index in [0.717, 1.165) is 0 Å². The number of amides is 2. The van der Waals surface area contributed by atoms with E-state index in [2.05, 4.69) is 10.8 Å². The molecule has 9 nitrogen and oxygen atoms in total. The predicted octanol–water partition coefficient (Wildman–Crippen LogP) is -2.69. The van der Waals surface area contributed by atoms with E-state index < -0.39 is 33.6 Å². The lowest BCUT2D eigenvalue weighted by Crippen LogP contribution is -2.41. The van der Waals surface area contributed by atoms with Crippen LogP contribution in [0, 0.1) is 0 Å². The van der Waals surface area contributed by atoms with Crippen LogP contribution in [0.5, 0.6) is 0 Å². The fraction of sp³-hybridized carbons (Fsp3) is 0.500. The topological polar surface area (TPSA) is 139 Å². The van der Waals surface area contributed by atoms with E-state index in [4.69, 9.17) is 4.55 Å². The van der Waals surface area contributed by atoms with Crippen molar-refractivity contribution in [3.05, 3.63) is 0 Å². The van der Waals surface area contributed by atoms with Gasteiger partial charge in [-0.3, -0.25) is 14.1 Å². The van der Waals surface area contributed by atoms with Crippen molar-refractivity contribution in [1.29, 1.82) is 0 Å². The molecule has 0 bridgehead atoms. The fourth-order valence-corrected chi connectivity index (χ4v) is 1.67. The number of carbonyl (C=O) groups excluding carboxylic acids is 2. The first kappa shape index (κ1) is 11.0. The Morgan fingerprint density at radius 1 is 1.57 bits per heavy atom. The van der Waals surface area contributed by atoms with Crippen LogP contribution >= 0.6 is 0 Å². The van der Waals surface area contributed by atoms with Crippen LogP contribution in [0.4, 0.5) is 0 Å². The van der Waals surface area contributed by atoms with E-state index in [0.29, 0.717) is 0 Å². The molecule has 80 valence electrons. The third-order valence-electron chi connectivity index (χ3n) is 1.57. The molecule has 1 rings (SSSR count). The molecule has 1 unspecified atom stereocenters. The molecule has 1 saturated heterocycles. The van der Waals surface area contributed by atoms with Crippen molar-refractivity contribution >= 4 is 21.9 Å². The van der Waals surface area contributed by atoms with Gasteiger partial charge in [-0.15, -0.1) is 10.7 Å². The van der Waals surface area contributed by atoms with Crippen molar-refractivity contribution in [3.8, 4) is 0 Å². The summed E-state index contributed by atoms with van der Waals surface area (Å²) in [6.45, 7) is 0. The van der Waals surface area contributed by atoms with Gasteiger partial charge in [-0.1, -0.05) is 0 Å². The first-order chi connectivity index (χ1) is 6.38. The maximum absolute atomic E-state index is 11.1. The van der Waals surface area contributed by atoms with Crippen molar-refractivity contribution in [2.75, 3.05) is 0 Å². The number of imide groups is 1. The molecule has 0 aromatic carbocycles. The van der Waals surface area contributed by atoms with Crippen LogP contribution < -0.4 is 11.4 Å². The second-order valence-corrected chi connectivity index (χ2v) is 4.04. The molecule has 1 fully saturated rings. The molecule has 1 aliphatic rings. The van der Waals surface area contributed by atoms with Crippen LogP contribution in [0.3, 0.4) is 0 Å². The minimum absolute atomic E-state index is 0.137. The number of nitrogens with zero attached hydrogens (tertiary/aromatic N) is 1. The van der Waals surface area contributed by atoms with Crippen molar-refractivity contribution in [2.24, 2.45) is 5.84 Å². The summed E-state index contributed by atoms with van der Waals surface area (Å²) in [5, 5.41) is -1.68. The van der Waals surface area contributed by atoms with Crippen LogP contribution in [-0.2, 0) is 24.6 Å². The summed E-state index contributed by atoms with van der Waals surface area (Å²) in [4.78, 5) is 26.2. The van der Waals surface area contributed by atoms with Gasteiger partial charge in [0.1, 0.15) is 0 Å². The molecule has 1 aliphatic heterocycles. The van der Waals surface area contributed by atoms with Gasteiger partial charge in [-0.05, 0) is 0 Å². The van der Waals surface area contributed by atoms with E-state index in [1.165, 1.54) is 0 Å². The van der Waals surface area contributed by atoms with Crippen LogP contribution in [0.25, 0.3) is 0 Å². The Hall–Kier alpha value is -1.07. The zero-order valence-corrected chi connectivity index (χ0v) is 7.52. The summed E-state index contributed by atoms with van der Waals surface area (Å²) in [6, 6.07) is 0. The Balaban J connectivity index is 2.90. The molecule has 0 radical (unpaired) electrons. The normalized spacial score (nSPS) is 23.3. The summed E-state index contributed by atoms with van der Waals surface area (Å²) in [7, 11) is -4.60. The molecule has 4 N–H and O–H groups in total. The second-order valence-electron chi connectivity index (χ2n) is 2.44. The Bertz CT molecular complexity index is 363. The lowest BCUT2D eigenvalue weighted by molar-refractivity contribution is -0.209. The SMILES string of the molecule is NNON1C(=O)CC(S(=O)(=O)O)C1=O. The molecule has 1 heterocycles. The highest BCUT2D eigenvalue weighted by Gasteiger charge is 2.47. The van der Waals surface area contributed by atoms with E-state index in [1.807, 2.05) is 0 Å². The van der Waals surface area contributed by atoms with Crippen molar-refractivity contribution in [3.63, 3.8) is 0 Å². The molecular weight excluding hydrogens is 218 g/mol. The van der Waals surface area contributed by atoms with Gasteiger partial charge in [0.05, 0.1) is 6.42 Å². The van der Waals surface area contributed by atoms with E-state index in [9.17, 15) is 18.0 Å². The van der Waals surface area contributed by atoms with Crippen molar-refractivity contribution in [1.82, 2.24) is 10.7 Å². The molecule has 0 aromatic heterocycles. The molecule has 14 heavy (non-hydrogen) atoms.